The quantitative estimate of drug-likeness (QED) is 0.587. The summed E-state index contributed by atoms with van der Waals surface area (Å²) >= 11 is 0. The SMILES string of the molecule is [O]CCON1CCCCC1. The van der Waals surface area contributed by atoms with Crippen molar-refractivity contribution in [2.24, 2.45) is 0 Å². The Morgan fingerprint density at radius 3 is 2.50 bits per heavy atom. The molecule has 0 unspecified atom stereocenters. The number of rotatable bonds is 3. The lowest BCUT2D eigenvalue weighted by atomic mass is 10.2. The molecule has 0 saturated carbocycles. The van der Waals surface area contributed by atoms with Crippen molar-refractivity contribution in [3.05, 3.63) is 0 Å². The van der Waals surface area contributed by atoms with Crippen LogP contribution in [0.3, 0.4) is 0 Å². The molecular weight excluding hydrogens is 130 g/mol. The third-order valence-corrected chi connectivity index (χ3v) is 1.67. The average Bonchev–Trinajstić information content (AvgIpc) is 2.03. The summed E-state index contributed by atoms with van der Waals surface area (Å²) < 4.78 is 0. The zero-order chi connectivity index (χ0) is 7.23. The first kappa shape index (κ1) is 7.98. The molecule has 1 aliphatic heterocycles. The molecule has 10 heavy (non-hydrogen) atoms. The van der Waals surface area contributed by atoms with E-state index in [0.717, 1.165) is 13.1 Å². The molecule has 3 nitrogen and oxygen atoms in total. The Labute approximate surface area is 61.5 Å². The average molecular weight is 144 g/mol. The van der Waals surface area contributed by atoms with Crippen LogP contribution in [0.4, 0.5) is 0 Å². The lowest BCUT2D eigenvalue weighted by Gasteiger charge is -2.24. The minimum Gasteiger partial charge on any atom is -0.296 e. The van der Waals surface area contributed by atoms with Crippen LogP contribution in [-0.4, -0.2) is 31.4 Å². The van der Waals surface area contributed by atoms with Crippen LogP contribution in [0.15, 0.2) is 0 Å². The molecule has 0 atom stereocenters. The molecule has 1 radical (unpaired) electrons. The van der Waals surface area contributed by atoms with E-state index < -0.39 is 0 Å². The Balaban J connectivity index is 2.02. The fraction of sp³-hybridized carbons (Fsp3) is 1.00. The number of hydrogen-bond donors (Lipinski definition) is 0. The van der Waals surface area contributed by atoms with Crippen molar-refractivity contribution >= 4 is 0 Å². The first-order valence-electron chi connectivity index (χ1n) is 3.89. The first-order valence-corrected chi connectivity index (χ1v) is 3.89. The molecular formula is C7H14NO2. The van der Waals surface area contributed by atoms with Crippen LogP contribution in [0.5, 0.6) is 0 Å². The molecule has 1 fully saturated rings. The Hall–Kier alpha value is -0.120. The molecule has 0 aromatic heterocycles. The lowest BCUT2D eigenvalue weighted by molar-refractivity contribution is -0.177. The Kier molecular flexibility index (Phi) is 3.72. The normalized spacial score (nSPS) is 21.3. The molecule has 1 saturated heterocycles. The number of hydrogen-bond acceptors (Lipinski definition) is 2. The van der Waals surface area contributed by atoms with E-state index in [2.05, 4.69) is 0 Å². The third-order valence-electron chi connectivity index (χ3n) is 1.67. The second-order valence-corrected chi connectivity index (χ2v) is 2.53. The summed E-state index contributed by atoms with van der Waals surface area (Å²) in [5.41, 5.74) is 0. The highest BCUT2D eigenvalue weighted by molar-refractivity contribution is 4.55. The van der Waals surface area contributed by atoms with E-state index in [0.29, 0.717) is 6.61 Å². The van der Waals surface area contributed by atoms with Crippen molar-refractivity contribution in [1.82, 2.24) is 5.06 Å². The van der Waals surface area contributed by atoms with Gasteiger partial charge >= 0.3 is 0 Å². The van der Waals surface area contributed by atoms with E-state index in [9.17, 15) is 5.11 Å². The molecule has 1 rings (SSSR count). The van der Waals surface area contributed by atoms with Gasteiger partial charge < -0.3 is 0 Å². The highest BCUT2D eigenvalue weighted by Gasteiger charge is 2.09. The van der Waals surface area contributed by atoms with E-state index in [1.807, 2.05) is 5.06 Å². The van der Waals surface area contributed by atoms with Crippen molar-refractivity contribution in [3.8, 4) is 0 Å². The van der Waals surface area contributed by atoms with Crippen molar-refractivity contribution in [1.29, 1.82) is 0 Å². The highest BCUT2D eigenvalue weighted by atomic mass is 16.7. The maximum atomic E-state index is 10.0. The standard InChI is InChI=1S/C7H14NO2/c9-6-7-10-8-4-2-1-3-5-8/h1-7H2. The summed E-state index contributed by atoms with van der Waals surface area (Å²) in [6, 6.07) is 0. The van der Waals surface area contributed by atoms with Gasteiger partial charge in [0.1, 0.15) is 6.61 Å². The molecule has 59 valence electrons. The molecule has 0 spiro atoms. The summed E-state index contributed by atoms with van der Waals surface area (Å²) in [5, 5.41) is 11.9. The Bertz CT molecular complexity index is 81.7. The van der Waals surface area contributed by atoms with E-state index >= 15 is 0 Å². The van der Waals surface area contributed by atoms with Gasteiger partial charge in [-0.25, -0.2) is 5.11 Å². The predicted molar refractivity (Wildman–Crippen MR) is 36.9 cm³/mol. The van der Waals surface area contributed by atoms with Gasteiger partial charge in [0.15, 0.2) is 0 Å². The monoisotopic (exact) mass is 144 g/mol. The van der Waals surface area contributed by atoms with Gasteiger partial charge in [0.05, 0.1) is 6.61 Å². The van der Waals surface area contributed by atoms with Gasteiger partial charge in [0.2, 0.25) is 0 Å². The van der Waals surface area contributed by atoms with E-state index in [-0.39, 0.29) is 6.61 Å². The molecule has 0 N–H and O–H groups in total. The van der Waals surface area contributed by atoms with Crippen molar-refractivity contribution in [2.45, 2.75) is 19.3 Å². The zero-order valence-corrected chi connectivity index (χ0v) is 6.21. The molecule has 0 aromatic carbocycles. The highest BCUT2D eigenvalue weighted by Crippen LogP contribution is 2.07. The van der Waals surface area contributed by atoms with Gasteiger partial charge in [-0.3, -0.25) is 4.84 Å². The zero-order valence-electron chi connectivity index (χ0n) is 6.21. The summed E-state index contributed by atoms with van der Waals surface area (Å²) in [4.78, 5) is 5.15. The van der Waals surface area contributed by atoms with Gasteiger partial charge in [-0.15, -0.1) is 0 Å². The van der Waals surface area contributed by atoms with Gasteiger partial charge in [-0.1, -0.05) is 6.42 Å². The number of hydroxylamine groups is 2. The maximum Gasteiger partial charge on any atom is 0.108 e. The smallest absolute Gasteiger partial charge is 0.108 e. The summed E-state index contributed by atoms with van der Waals surface area (Å²) in [7, 11) is 0. The minimum atomic E-state index is -0.128. The molecule has 0 amide bonds. The summed E-state index contributed by atoms with van der Waals surface area (Å²) in [6.45, 7) is 2.20. The summed E-state index contributed by atoms with van der Waals surface area (Å²) in [6.07, 6.45) is 3.72. The van der Waals surface area contributed by atoms with Crippen LogP contribution in [-0.2, 0) is 9.94 Å². The van der Waals surface area contributed by atoms with Gasteiger partial charge in [0.25, 0.3) is 0 Å². The predicted octanol–water partition coefficient (Wildman–Crippen LogP) is 0.834. The van der Waals surface area contributed by atoms with Gasteiger partial charge in [0, 0.05) is 13.1 Å². The van der Waals surface area contributed by atoms with Crippen LogP contribution >= 0.6 is 0 Å². The number of piperidine rings is 1. The molecule has 0 aliphatic carbocycles. The van der Waals surface area contributed by atoms with Crippen molar-refractivity contribution in [3.63, 3.8) is 0 Å². The van der Waals surface area contributed by atoms with Crippen molar-refractivity contribution in [2.75, 3.05) is 26.3 Å². The minimum absolute atomic E-state index is 0.128. The largest absolute Gasteiger partial charge is 0.296 e. The topological polar surface area (TPSA) is 32.4 Å². The fourth-order valence-corrected chi connectivity index (χ4v) is 1.16. The molecule has 1 aliphatic rings. The van der Waals surface area contributed by atoms with Crippen LogP contribution < -0.4 is 0 Å². The second kappa shape index (κ2) is 4.66. The van der Waals surface area contributed by atoms with Crippen LogP contribution in [0.2, 0.25) is 0 Å². The molecule has 0 bridgehead atoms. The van der Waals surface area contributed by atoms with E-state index in [1.165, 1.54) is 19.3 Å². The Morgan fingerprint density at radius 1 is 1.20 bits per heavy atom. The van der Waals surface area contributed by atoms with Crippen molar-refractivity contribution < 1.29 is 9.94 Å². The van der Waals surface area contributed by atoms with Gasteiger partial charge in [-0.05, 0) is 12.8 Å². The third kappa shape index (κ3) is 2.64. The van der Waals surface area contributed by atoms with Crippen LogP contribution in [0, 0.1) is 0 Å². The van der Waals surface area contributed by atoms with Gasteiger partial charge in [-0.2, -0.15) is 5.06 Å². The van der Waals surface area contributed by atoms with E-state index in [4.69, 9.17) is 4.84 Å². The summed E-state index contributed by atoms with van der Waals surface area (Å²) in [5.74, 6) is 0. The maximum absolute atomic E-state index is 10.0. The molecule has 1 heterocycles. The first-order chi connectivity index (χ1) is 4.93. The van der Waals surface area contributed by atoms with Crippen LogP contribution in [0.1, 0.15) is 19.3 Å². The Morgan fingerprint density at radius 2 is 1.90 bits per heavy atom. The lowest BCUT2D eigenvalue weighted by Crippen LogP contribution is -2.30. The fourth-order valence-electron chi connectivity index (χ4n) is 1.16. The molecule has 0 aromatic rings. The second-order valence-electron chi connectivity index (χ2n) is 2.53. The van der Waals surface area contributed by atoms with Crippen LogP contribution in [0.25, 0.3) is 0 Å². The van der Waals surface area contributed by atoms with E-state index in [1.54, 1.807) is 0 Å². The number of nitrogens with zero attached hydrogens (tertiary/aromatic N) is 1. The molecule has 3 heteroatoms.